The number of hydrogen-bond acceptors (Lipinski definition) is 3. The van der Waals surface area contributed by atoms with Gasteiger partial charge in [0.15, 0.2) is 5.70 Å². The zero-order valence-corrected chi connectivity index (χ0v) is 14.4. The fraction of sp³-hybridized carbons (Fsp3) is 0. The summed E-state index contributed by atoms with van der Waals surface area (Å²) in [4.78, 5) is 16.9. The van der Waals surface area contributed by atoms with E-state index in [1.807, 2.05) is 72.8 Å². The van der Waals surface area contributed by atoms with Crippen molar-refractivity contribution in [1.29, 1.82) is 0 Å². The van der Waals surface area contributed by atoms with Gasteiger partial charge in [-0.2, -0.15) is 0 Å². The van der Waals surface area contributed by atoms with Gasteiger partial charge in [0.25, 0.3) is 0 Å². The molecule has 1 aliphatic rings. The Morgan fingerprint density at radius 2 is 1.33 bits per heavy atom. The van der Waals surface area contributed by atoms with Gasteiger partial charge in [-0.1, -0.05) is 78.9 Å². The molecule has 0 aliphatic carbocycles. The lowest BCUT2D eigenvalue weighted by Gasteiger charge is -2.04. The maximum atomic E-state index is 12.4. The van der Waals surface area contributed by atoms with Gasteiger partial charge in [-0.05, 0) is 39.3 Å². The molecule has 0 bridgehead atoms. The molecular formula is C24H15NO2. The van der Waals surface area contributed by atoms with E-state index < -0.39 is 5.97 Å². The molecule has 27 heavy (non-hydrogen) atoms. The van der Waals surface area contributed by atoms with Crippen LogP contribution in [-0.2, 0) is 9.53 Å². The van der Waals surface area contributed by atoms with Crippen molar-refractivity contribution in [3.8, 4) is 0 Å². The number of benzene rings is 4. The van der Waals surface area contributed by atoms with Gasteiger partial charge < -0.3 is 4.74 Å². The van der Waals surface area contributed by atoms with E-state index in [1.165, 1.54) is 0 Å². The number of ether oxygens (including phenoxy) is 1. The predicted molar refractivity (Wildman–Crippen MR) is 109 cm³/mol. The SMILES string of the molecule is O=C1OC(c2cccc3ccccc23)=N/C1=C/c1cccc2ccccc12. The highest BCUT2D eigenvalue weighted by atomic mass is 16.6. The van der Waals surface area contributed by atoms with Crippen LogP contribution in [-0.4, -0.2) is 11.9 Å². The molecule has 0 aromatic heterocycles. The third kappa shape index (κ3) is 2.70. The number of carbonyl (C=O) groups excluding carboxylic acids is 1. The van der Waals surface area contributed by atoms with Crippen LogP contribution in [0.15, 0.2) is 95.6 Å². The lowest BCUT2D eigenvalue weighted by molar-refractivity contribution is -0.129. The summed E-state index contributed by atoms with van der Waals surface area (Å²) in [7, 11) is 0. The van der Waals surface area contributed by atoms with Crippen LogP contribution in [0.2, 0.25) is 0 Å². The van der Waals surface area contributed by atoms with Crippen molar-refractivity contribution >= 4 is 39.5 Å². The number of cyclic esters (lactones) is 1. The molecule has 0 fully saturated rings. The molecule has 0 atom stereocenters. The van der Waals surface area contributed by atoms with E-state index >= 15 is 0 Å². The quantitative estimate of drug-likeness (QED) is 0.362. The van der Waals surface area contributed by atoms with Crippen molar-refractivity contribution < 1.29 is 9.53 Å². The first-order chi connectivity index (χ1) is 13.3. The maximum Gasteiger partial charge on any atom is 0.363 e. The number of aliphatic imine (C=N–C) groups is 1. The van der Waals surface area contributed by atoms with Crippen LogP contribution in [0, 0.1) is 0 Å². The van der Waals surface area contributed by atoms with Crippen LogP contribution in [0.25, 0.3) is 27.6 Å². The molecule has 5 rings (SSSR count). The van der Waals surface area contributed by atoms with Gasteiger partial charge in [-0.25, -0.2) is 9.79 Å². The third-order valence-corrected chi connectivity index (χ3v) is 4.76. The summed E-state index contributed by atoms with van der Waals surface area (Å²) in [6.45, 7) is 0. The standard InChI is InChI=1S/C24H15NO2/c26-24-22(15-18-11-5-9-16-7-1-3-12-19(16)18)25-23(27-24)21-14-6-10-17-8-2-4-13-20(17)21/h1-15H/b22-15+. The molecule has 0 spiro atoms. The highest BCUT2D eigenvalue weighted by Gasteiger charge is 2.25. The molecule has 0 N–H and O–H groups in total. The van der Waals surface area contributed by atoms with Crippen LogP contribution in [0.4, 0.5) is 0 Å². The molecule has 1 heterocycles. The second kappa shape index (κ2) is 6.22. The van der Waals surface area contributed by atoms with Crippen LogP contribution >= 0.6 is 0 Å². The van der Waals surface area contributed by atoms with Crippen molar-refractivity contribution in [3.63, 3.8) is 0 Å². The van der Waals surface area contributed by atoms with Gasteiger partial charge in [-0.15, -0.1) is 0 Å². The Labute approximate surface area is 156 Å². The van der Waals surface area contributed by atoms with Crippen molar-refractivity contribution in [2.45, 2.75) is 0 Å². The van der Waals surface area contributed by atoms with E-state index in [0.29, 0.717) is 11.6 Å². The van der Waals surface area contributed by atoms with Gasteiger partial charge >= 0.3 is 5.97 Å². The van der Waals surface area contributed by atoms with Crippen LogP contribution in [0.1, 0.15) is 11.1 Å². The minimum atomic E-state index is -0.425. The van der Waals surface area contributed by atoms with Gasteiger partial charge in [0.1, 0.15) is 0 Å². The molecule has 0 unspecified atom stereocenters. The lowest BCUT2D eigenvalue weighted by atomic mass is 10.0. The zero-order chi connectivity index (χ0) is 18.2. The maximum absolute atomic E-state index is 12.4. The first-order valence-corrected chi connectivity index (χ1v) is 8.78. The highest BCUT2D eigenvalue weighted by molar-refractivity contribution is 6.17. The monoisotopic (exact) mass is 349 g/mol. The minimum absolute atomic E-state index is 0.314. The fourth-order valence-electron chi connectivity index (χ4n) is 3.46. The molecule has 0 amide bonds. The Morgan fingerprint density at radius 1 is 0.704 bits per heavy atom. The summed E-state index contributed by atoms with van der Waals surface area (Å²) >= 11 is 0. The number of fused-ring (bicyclic) bond motifs is 2. The average Bonchev–Trinajstić information content (AvgIpc) is 3.08. The predicted octanol–water partition coefficient (Wildman–Crippen LogP) is 5.34. The number of carbonyl (C=O) groups is 1. The number of rotatable bonds is 2. The first kappa shape index (κ1) is 15.5. The number of nitrogens with zero attached hydrogens (tertiary/aromatic N) is 1. The molecule has 0 saturated heterocycles. The first-order valence-electron chi connectivity index (χ1n) is 8.78. The van der Waals surface area contributed by atoms with Crippen LogP contribution in [0.5, 0.6) is 0 Å². The molecule has 4 aromatic carbocycles. The van der Waals surface area contributed by atoms with E-state index in [4.69, 9.17) is 4.74 Å². The number of hydrogen-bond donors (Lipinski definition) is 0. The molecular weight excluding hydrogens is 334 g/mol. The van der Waals surface area contributed by atoms with Crippen LogP contribution < -0.4 is 0 Å². The summed E-state index contributed by atoms with van der Waals surface area (Å²) in [5, 5.41) is 4.30. The summed E-state index contributed by atoms with van der Waals surface area (Å²) in [5.41, 5.74) is 2.08. The Hall–Kier alpha value is -3.72. The van der Waals surface area contributed by atoms with E-state index in [9.17, 15) is 4.79 Å². The van der Waals surface area contributed by atoms with E-state index in [0.717, 1.165) is 32.7 Å². The normalized spacial score (nSPS) is 15.3. The van der Waals surface area contributed by atoms with Crippen molar-refractivity contribution in [2.24, 2.45) is 4.99 Å². The Morgan fingerprint density at radius 3 is 2.15 bits per heavy atom. The summed E-state index contributed by atoms with van der Waals surface area (Å²) in [6, 6.07) is 28.0. The smallest absolute Gasteiger partial charge is 0.363 e. The molecule has 4 aromatic rings. The Bertz CT molecular complexity index is 1260. The molecule has 0 saturated carbocycles. The van der Waals surface area contributed by atoms with Gasteiger partial charge in [0.2, 0.25) is 5.90 Å². The van der Waals surface area contributed by atoms with E-state index in [-0.39, 0.29) is 0 Å². The van der Waals surface area contributed by atoms with Gasteiger partial charge in [0.05, 0.1) is 0 Å². The van der Waals surface area contributed by atoms with Crippen LogP contribution in [0.3, 0.4) is 0 Å². The lowest BCUT2D eigenvalue weighted by Crippen LogP contribution is -2.05. The summed E-state index contributed by atoms with van der Waals surface area (Å²) in [5.74, 6) is -0.0749. The molecule has 128 valence electrons. The second-order valence-corrected chi connectivity index (χ2v) is 6.43. The summed E-state index contributed by atoms with van der Waals surface area (Å²) < 4.78 is 5.50. The van der Waals surface area contributed by atoms with Gasteiger partial charge in [0, 0.05) is 5.56 Å². The highest BCUT2D eigenvalue weighted by Crippen LogP contribution is 2.26. The molecule has 3 nitrogen and oxygen atoms in total. The average molecular weight is 349 g/mol. The summed E-state index contributed by atoms with van der Waals surface area (Å²) in [6.07, 6.45) is 1.79. The molecule has 1 aliphatic heterocycles. The molecule has 0 radical (unpaired) electrons. The van der Waals surface area contributed by atoms with Crippen molar-refractivity contribution in [3.05, 3.63) is 102 Å². The van der Waals surface area contributed by atoms with E-state index in [2.05, 4.69) is 17.1 Å². The minimum Gasteiger partial charge on any atom is -0.402 e. The largest absolute Gasteiger partial charge is 0.402 e. The Balaban J connectivity index is 1.63. The number of esters is 1. The van der Waals surface area contributed by atoms with Gasteiger partial charge in [-0.3, -0.25) is 0 Å². The fourth-order valence-corrected chi connectivity index (χ4v) is 3.46. The molecule has 3 heteroatoms. The van der Waals surface area contributed by atoms with E-state index in [1.54, 1.807) is 6.08 Å². The third-order valence-electron chi connectivity index (χ3n) is 4.76. The topological polar surface area (TPSA) is 38.7 Å². The Kier molecular flexibility index (Phi) is 3.58. The van der Waals surface area contributed by atoms with Crippen molar-refractivity contribution in [2.75, 3.05) is 0 Å². The second-order valence-electron chi connectivity index (χ2n) is 6.43. The zero-order valence-electron chi connectivity index (χ0n) is 14.4. The van der Waals surface area contributed by atoms with Crippen molar-refractivity contribution in [1.82, 2.24) is 0 Å².